The van der Waals surface area contributed by atoms with E-state index in [2.05, 4.69) is 61.5 Å². The van der Waals surface area contributed by atoms with Crippen molar-refractivity contribution in [3.8, 4) is 0 Å². The van der Waals surface area contributed by atoms with Gasteiger partial charge in [0, 0.05) is 12.3 Å². The van der Waals surface area contributed by atoms with Crippen LogP contribution in [0.5, 0.6) is 0 Å². The highest BCUT2D eigenvalue weighted by Crippen LogP contribution is 2.73. The van der Waals surface area contributed by atoms with Crippen molar-refractivity contribution in [1.82, 2.24) is 0 Å². The fraction of sp³-hybridized carbons (Fsp3) is 0.906. The van der Waals surface area contributed by atoms with E-state index >= 15 is 0 Å². The second-order valence-corrected chi connectivity index (χ2v) is 14.7. The molecule has 4 rings (SSSR count). The molecule has 3 fully saturated rings. The molecule has 0 spiro atoms. The Morgan fingerprint density at radius 1 is 0.971 bits per heavy atom. The summed E-state index contributed by atoms with van der Waals surface area (Å²) in [6, 6.07) is 0. The van der Waals surface area contributed by atoms with Crippen molar-refractivity contribution >= 4 is 5.97 Å². The van der Waals surface area contributed by atoms with Gasteiger partial charge in [-0.25, -0.2) is 0 Å². The van der Waals surface area contributed by atoms with E-state index in [9.17, 15) is 4.79 Å². The number of carbonyl (C=O) groups is 1. The first-order valence-corrected chi connectivity index (χ1v) is 14.6. The Bertz CT molecular complexity index is 808. The Labute approximate surface area is 211 Å². The maximum absolute atomic E-state index is 11.8. The van der Waals surface area contributed by atoms with Crippen LogP contribution in [0.2, 0.25) is 0 Å². The van der Waals surface area contributed by atoms with Crippen molar-refractivity contribution in [1.29, 1.82) is 0 Å². The summed E-state index contributed by atoms with van der Waals surface area (Å²) in [7, 11) is 0. The molecule has 194 valence electrons. The van der Waals surface area contributed by atoms with Crippen molar-refractivity contribution in [2.24, 2.45) is 51.2 Å². The summed E-state index contributed by atoms with van der Waals surface area (Å²) in [4.78, 5) is 11.8. The van der Waals surface area contributed by atoms with Gasteiger partial charge < -0.3 is 4.74 Å². The van der Waals surface area contributed by atoms with Crippen molar-refractivity contribution in [2.75, 3.05) is 0 Å². The van der Waals surface area contributed by atoms with Gasteiger partial charge in [0.15, 0.2) is 0 Å². The van der Waals surface area contributed by atoms with E-state index in [1.54, 1.807) is 12.5 Å². The smallest absolute Gasteiger partial charge is 0.302 e. The van der Waals surface area contributed by atoms with Gasteiger partial charge in [0.1, 0.15) is 6.10 Å². The molecule has 0 unspecified atom stereocenters. The average Bonchev–Trinajstić information content (AvgIpc) is 3.01. The molecule has 2 nitrogen and oxygen atoms in total. The second kappa shape index (κ2) is 8.95. The number of hydrogen-bond donors (Lipinski definition) is 0. The molecule has 4 aliphatic carbocycles. The molecule has 0 aromatic rings. The van der Waals surface area contributed by atoms with Gasteiger partial charge in [0.2, 0.25) is 0 Å². The molecule has 0 aliphatic heterocycles. The van der Waals surface area contributed by atoms with E-state index in [-0.39, 0.29) is 22.9 Å². The lowest BCUT2D eigenvalue weighted by Gasteiger charge is -2.64. The molecule has 4 aliphatic rings. The molecule has 0 aromatic heterocycles. The number of ether oxygens (including phenoxy) is 1. The van der Waals surface area contributed by atoms with Crippen LogP contribution in [0.4, 0.5) is 0 Å². The van der Waals surface area contributed by atoms with Crippen molar-refractivity contribution in [3.05, 3.63) is 11.6 Å². The van der Waals surface area contributed by atoms with Crippen LogP contribution in [-0.4, -0.2) is 12.1 Å². The molecule has 0 N–H and O–H groups in total. The zero-order chi connectivity index (χ0) is 25.1. The second-order valence-electron chi connectivity index (χ2n) is 14.7. The van der Waals surface area contributed by atoms with Crippen LogP contribution in [0.15, 0.2) is 11.6 Å². The Balaban J connectivity index is 1.59. The lowest BCUT2D eigenvalue weighted by atomic mass is 9.41. The normalized spacial score (nSPS) is 44.0. The van der Waals surface area contributed by atoms with Crippen molar-refractivity contribution in [3.63, 3.8) is 0 Å². The van der Waals surface area contributed by atoms with Crippen molar-refractivity contribution in [2.45, 2.75) is 133 Å². The van der Waals surface area contributed by atoms with Gasteiger partial charge in [-0.2, -0.15) is 0 Å². The SMILES string of the molecule is CC(=O)O[C@H]1CC[C@]2(C)C3=CC[C@@]4(C)[C@H]([C@H](C)CCCC(C)C)CC[C@]4(C)[C@H]3CC[C@H]2C1(C)C. The van der Waals surface area contributed by atoms with Crippen LogP contribution < -0.4 is 0 Å². The van der Waals surface area contributed by atoms with Gasteiger partial charge >= 0.3 is 5.97 Å². The number of hydrogen-bond acceptors (Lipinski definition) is 2. The minimum atomic E-state index is -0.116. The summed E-state index contributed by atoms with van der Waals surface area (Å²) in [5.41, 5.74) is 2.96. The quantitative estimate of drug-likeness (QED) is 0.286. The van der Waals surface area contributed by atoms with E-state index in [0.717, 1.165) is 30.1 Å². The first-order valence-electron chi connectivity index (χ1n) is 14.6. The topological polar surface area (TPSA) is 26.3 Å². The Hall–Kier alpha value is -0.790. The summed E-state index contributed by atoms with van der Waals surface area (Å²) in [6.07, 6.45) is 15.9. The minimum Gasteiger partial charge on any atom is -0.462 e. The summed E-state index contributed by atoms with van der Waals surface area (Å²) in [5.74, 6) is 3.75. The molecule has 2 heteroatoms. The zero-order valence-corrected chi connectivity index (χ0v) is 23.9. The number of allylic oxidation sites excluding steroid dienone is 2. The fourth-order valence-electron chi connectivity index (χ4n) is 10.1. The van der Waals surface area contributed by atoms with Crippen LogP contribution >= 0.6 is 0 Å². The monoisotopic (exact) mass is 470 g/mol. The van der Waals surface area contributed by atoms with E-state index in [0.29, 0.717) is 16.7 Å². The molecule has 0 aromatic carbocycles. The molecule has 8 atom stereocenters. The van der Waals surface area contributed by atoms with Gasteiger partial charge in [-0.15, -0.1) is 0 Å². The standard InChI is InChI=1S/C32H54O2/c1-21(2)11-10-12-22(3)24-15-19-32(9)26-13-14-27-29(5,6)28(34-23(4)33)17-18-30(27,7)25(26)16-20-31(24,32)8/h16,21-22,24,26-28H,10-15,17-20H2,1-9H3/t22-,24+,26+,27+,28+,30-,31+,32-/m1/s1. The molecule has 0 heterocycles. The highest BCUT2D eigenvalue weighted by molar-refractivity contribution is 5.66. The molecule has 3 saturated carbocycles. The summed E-state index contributed by atoms with van der Waals surface area (Å²) < 4.78 is 5.87. The number of fused-ring (bicyclic) bond motifs is 5. The fourth-order valence-corrected chi connectivity index (χ4v) is 10.1. The average molecular weight is 471 g/mol. The first-order chi connectivity index (χ1) is 15.8. The maximum Gasteiger partial charge on any atom is 0.302 e. The molecule has 0 saturated heterocycles. The van der Waals surface area contributed by atoms with Crippen LogP contribution in [0, 0.1) is 51.2 Å². The number of carbonyl (C=O) groups excluding carboxylic acids is 1. The highest BCUT2D eigenvalue weighted by atomic mass is 16.5. The van der Waals surface area contributed by atoms with E-state index in [4.69, 9.17) is 4.74 Å². The third-order valence-electron chi connectivity index (χ3n) is 12.3. The molecule has 0 amide bonds. The summed E-state index contributed by atoms with van der Waals surface area (Å²) in [5, 5.41) is 0. The van der Waals surface area contributed by atoms with E-state index in [1.165, 1.54) is 57.8 Å². The molecule has 34 heavy (non-hydrogen) atoms. The molecule has 0 radical (unpaired) electrons. The summed E-state index contributed by atoms with van der Waals surface area (Å²) in [6.45, 7) is 21.6. The Morgan fingerprint density at radius 2 is 1.68 bits per heavy atom. The van der Waals surface area contributed by atoms with Crippen molar-refractivity contribution < 1.29 is 9.53 Å². The van der Waals surface area contributed by atoms with Gasteiger partial charge in [-0.1, -0.05) is 86.3 Å². The minimum absolute atomic E-state index is 0.0370. The van der Waals surface area contributed by atoms with Gasteiger partial charge in [-0.3, -0.25) is 4.79 Å². The first kappa shape index (κ1) is 26.3. The molecular formula is C32H54O2. The maximum atomic E-state index is 11.8. The highest BCUT2D eigenvalue weighted by Gasteiger charge is 2.65. The lowest BCUT2D eigenvalue weighted by molar-refractivity contribution is -0.170. The van der Waals surface area contributed by atoms with Crippen LogP contribution in [0.3, 0.4) is 0 Å². The number of rotatable bonds is 6. The van der Waals surface area contributed by atoms with Gasteiger partial charge in [0.05, 0.1) is 0 Å². The molecule has 0 bridgehead atoms. The Morgan fingerprint density at radius 3 is 2.32 bits per heavy atom. The predicted molar refractivity (Wildman–Crippen MR) is 142 cm³/mol. The summed E-state index contributed by atoms with van der Waals surface area (Å²) >= 11 is 0. The van der Waals surface area contributed by atoms with E-state index < -0.39 is 0 Å². The van der Waals surface area contributed by atoms with Gasteiger partial charge in [-0.05, 0) is 90.8 Å². The predicted octanol–water partition coefficient (Wildman–Crippen LogP) is 8.99. The third kappa shape index (κ3) is 3.92. The molecular weight excluding hydrogens is 416 g/mol. The lowest BCUT2D eigenvalue weighted by Crippen LogP contribution is -2.58. The third-order valence-corrected chi connectivity index (χ3v) is 12.3. The van der Waals surface area contributed by atoms with Crippen LogP contribution in [0.25, 0.3) is 0 Å². The Kier molecular flexibility index (Phi) is 6.92. The zero-order valence-electron chi connectivity index (χ0n) is 23.9. The van der Waals surface area contributed by atoms with Gasteiger partial charge in [0.25, 0.3) is 0 Å². The van der Waals surface area contributed by atoms with Crippen LogP contribution in [0.1, 0.15) is 127 Å². The van der Waals surface area contributed by atoms with Crippen LogP contribution in [-0.2, 0) is 9.53 Å². The largest absolute Gasteiger partial charge is 0.462 e. The number of esters is 1. The van der Waals surface area contributed by atoms with E-state index in [1.807, 2.05) is 0 Å².